The number of nitrogen functional groups attached to an aromatic ring is 1. The smallest absolute Gasteiger partial charge is 0.298 e. The highest BCUT2D eigenvalue weighted by Gasteiger charge is 2.11. The molecule has 2 heterocycles. The highest BCUT2D eigenvalue weighted by Crippen LogP contribution is 2.24. The van der Waals surface area contributed by atoms with E-state index >= 15 is 0 Å². The Hall–Kier alpha value is -2.01. The van der Waals surface area contributed by atoms with Crippen molar-refractivity contribution in [1.82, 2.24) is 4.98 Å². The number of aromatic nitrogens is 1. The standard InChI is InChI=1S/C13H13N3OS/c1-16(7-9-4-5-18-8-9)13-15-11-3-2-10(14)6-12(11)17-13/h2-6,8H,7,14H2,1H3. The summed E-state index contributed by atoms with van der Waals surface area (Å²) >= 11 is 1.69. The van der Waals surface area contributed by atoms with Crippen LogP contribution in [0.5, 0.6) is 0 Å². The number of fused-ring (bicyclic) bond motifs is 1. The summed E-state index contributed by atoms with van der Waals surface area (Å²) in [6.07, 6.45) is 0. The third-order valence-electron chi connectivity index (χ3n) is 2.73. The molecule has 3 aromatic rings. The summed E-state index contributed by atoms with van der Waals surface area (Å²) in [6, 6.07) is 8.21. The molecule has 3 rings (SSSR count). The SMILES string of the molecule is CN(Cc1ccsc1)c1nc2ccc(N)cc2o1. The van der Waals surface area contributed by atoms with Crippen LogP contribution in [-0.4, -0.2) is 12.0 Å². The van der Waals surface area contributed by atoms with Crippen molar-refractivity contribution in [2.75, 3.05) is 17.7 Å². The molecule has 0 saturated carbocycles. The lowest BCUT2D eigenvalue weighted by Gasteiger charge is -2.12. The zero-order valence-electron chi connectivity index (χ0n) is 9.96. The molecule has 0 aliphatic rings. The molecule has 5 heteroatoms. The Balaban J connectivity index is 1.89. The monoisotopic (exact) mass is 259 g/mol. The molecule has 0 aliphatic heterocycles. The molecular formula is C13H13N3OS. The quantitative estimate of drug-likeness (QED) is 0.734. The van der Waals surface area contributed by atoms with Gasteiger partial charge in [-0.05, 0) is 34.5 Å². The van der Waals surface area contributed by atoms with E-state index in [0.717, 1.165) is 17.6 Å². The first kappa shape index (κ1) is 11.1. The summed E-state index contributed by atoms with van der Waals surface area (Å²) in [5.74, 6) is 0. The highest BCUT2D eigenvalue weighted by molar-refractivity contribution is 7.07. The Morgan fingerprint density at radius 2 is 2.28 bits per heavy atom. The number of hydrogen-bond donors (Lipinski definition) is 1. The number of nitrogens with two attached hydrogens (primary N) is 1. The number of rotatable bonds is 3. The minimum Gasteiger partial charge on any atom is -0.423 e. The molecule has 92 valence electrons. The van der Waals surface area contributed by atoms with Gasteiger partial charge in [-0.2, -0.15) is 16.3 Å². The summed E-state index contributed by atoms with van der Waals surface area (Å²) in [6.45, 7) is 0.784. The Labute approximate surface area is 109 Å². The van der Waals surface area contributed by atoms with Gasteiger partial charge in [-0.15, -0.1) is 0 Å². The first-order valence-corrected chi connectivity index (χ1v) is 6.55. The molecule has 0 fully saturated rings. The van der Waals surface area contributed by atoms with Crippen molar-refractivity contribution in [2.24, 2.45) is 0 Å². The molecule has 0 atom stereocenters. The second-order valence-electron chi connectivity index (χ2n) is 4.21. The van der Waals surface area contributed by atoms with Crippen LogP contribution in [0.1, 0.15) is 5.56 Å². The van der Waals surface area contributed by atoms with Gasteiger partial charge in [-0.25, -0.2) is 0 Å². The molecule has 18 heavy (non-hydrogen) atoms. The molecule has 4 nitrogen and oxygen atoms in total. The van der Waals surface area contributed by atoms with Crippen LogP contribution >= 0.6 is 11.3 Å². The summed E-state index contributed by atoms with van der Waals surface area (Å²) in [7, 11) is 1.96. The van der Waals surface area contributed by atoms with Crippen LogP contribution in [0.3, 0.4) is 0 Å². The lowest BCUT2D eigenvalue weighted by Crippen LogP contribution is -2.15. The van der Waals surface area contributed by atoms with Crippen LogP contribution in [0, 0.1) is 0 Å². The van der Waals surface area contributed by atoms with Gasteiger partial charge in [-0.1, -0.05) is 0 Å². The summed E-state index contributed by atoms with van der Waals surface area (Å²) in [5.41, 5.74) is 9.21. The van der Waals surface area contributed by atoms with E-state index < -0.39 is 0 Å². The molecule has 0 unspecified atom stereocenters. The van der Waals surface area contributed by atoms with Gasteiger partial charge >= 0.3 is 0 Å². The lowest BCUT2D eigenvalue weighted by molar-refractivity contribution is 0.582. The van der Waals surface area contributed by atoms with E-state index in [4.69, 9.17) is 10.2 Å². The second kappa shape index (κ2) is 4.34. The summed E-state index contributed by atoms with van der Waals surface area (Å²) < 4.78 is 5.70. The van der Waals surface area contributed by atoms with E-state index in [1.165, 1.54) is 5.56 Å². The second-order valence-corrected chi connectivity index (χ2v) is 4.99. The van der Waals surface area contributed by atoms with Crippen LogP contribution in [0.2, 0.25) is 0 Å². The molecular weight excluding hydrogens is 246 g/mol. The minimum absolute atomic E-state index is 0.613. The fourth-order valence-electron chi connectivity index (χ4n) is 1.82. The van der Waals surface area contributed by atoms with Crippen molar-refractivity contribution >= 4 is 34.1 Å². The first-order valence-electron chi connectivity index (χ1n) is 5.60. The van der Waals surface area contributed by atoms with E-state index in [-0.39, 0.29) is 0 Å². The molecule has 0 aliphatic carbocycles. The molecule has 1 aromatic carbocycles. The lowest BCUT2D eigenvalue weighted by atomic mass is 10.3. The normalized spacial score (nSPS) is 10.9. The molecule has 0 amide bonds. The maximum absolute atomic E-state index is 5.72. The Kier molecular flexibility index (Phi) is 2.68. The fraction of sp³-hybridized carbons (Fsp3) is 0.154. The third-order valence-corrected chi connectivity index (χ3v) is 3.46. The maximum atomic E-state index is 5.72. The van der Waals surface area contributed by atoms with Gasteiger partial charge in [0.25, 0.3) is 6.01 Å². The Bertz CT molecular complexity index is 660. The van der Waals surface area contributed by atoms with Gasteiger partial charge in [0, 0.05) is 25.3 Å². The number of oxazole rings is 1. The molecule has 0 bridgehead atoms. The van der Waals surface area contributed by atoms with E-state index in [0.29, 0.717) is 11.7 Å². The molecule has 0 saturated heterocycles. The van der Waals surface area contributed by atoms with Gasteiger partial charge in [0.1, 0.15) is 5.52 Å². The summed E-state index contributed by atoms with van der Waals surface area (Å²) in [5, 5.41) is 4.19. The largest absolute Gasteiger partial charge is 0.423 e. The average molecular weight is 259 g/mol. The number of benzene rings is 1. The van der Waals surface area contributed by atoms with Crippen LogP contribution in [0.25, 0.3) is 11.1 Å². The van der Waals surface area contributed by atoms with E-state index in [9.17, 15) is 0 Å². The van der Waals surface area contributed by atoms with Crippen LogP contribution in [0.15, 0.2) is 39.4 Å². The van der Waals surface area contributed by atoms with Crippen molar-refractivity contribution in [3.05, 3.63) is 40.6 Å². The topological polar surface area (TPSA) is 55.3 Å². The Morgan fingerprint density at radius 3 is 3.06 bits per heavy atom. The molecule has 0 spiro atoms. The molecule has 2 aromatic heterocycles. The van der Waals surface area contributed by atoms with Crippen molar-refractivity contribution < 1.29 is 4.42 Å². The van der Waals surface area contributed by atoms with Crippen molar-refractivity contribution in [3.8, 4) is 0 Å². The van der Waals surface area contributed by atoms with Gasteiger partial charge in [0.15, 0.2) is 5.58 Å². The van der Waals surface area contributed by atoms with Crippen molar-refractivity contribution in [2.45, 2.75) is 6.54 Å². The zero-order chi connectivity index (χ0) is 12.5. The number of hydrogen-bond acceptors (Lipinski definition) is 5. The van der Waals surface area contributed by atoms with Crippen molar-refractivity contribution in [1.29, 1.82) is 0 Å². The average Bonchev–Trinajstić information content (AvgIpc) is 2.96. The zero-order valence-corrected chi connectivity index (χ0v) is 10.8. The highest BCUT2D eigenvalue weighted by atomic mass is 32.1. The third kappa shape index (κ3) is 2.04. The van der Waals surface area contributed by atoms with Crippen LogP contribution < -0.4 is 10.6 Å². The van der Waals surface area contributed by atoms with Crippen LogP contribution in [-0.2, 0) is 6.54 Å². The Morgan fingerprint density at radius 1 is 1.39 bits per heavy atom. The van der Waals surface area contributed by atoms with E-state index in [1.807, 2.05) is 24.1 Å². The predicted octanol–water partition coefficient (Wildman–Crippen LogP) is 3.11. The van der Waals surface area contributed by atoms with E-state index in [2.05, 4.69) is 21.8 Å². The van der Waals surface area contributed by atoms with Gasteiger partial charge < -0.3 is 15.1 Å². The van der Waals surface area contributed by atoms with Gasteiger partial charge in [0.05, 0.1) is 0 Å². The number of thiophene rings is 1. The molecule has 2 N–H and O–H groups in total. The minimum atomic E-state index is 0.613. The maximum Gasteiger partial charge on any atom is 0.298 e. The van der Waals surface area contributed by atoms with Gasteiger partial charge in [-0.3, -0.25) is 0 Å². The molecule has 0 radical (unpaired) electrons. The predicted molar refractivity (Wildman–Crippen MR) is 74.8 cm³/mol. The first-order chi connectivity index (χ1) is 8.72. The number of anilines is 2. The van der Waals surface area contributed by atoms with Gasteiger partial charge in [0.2, 0.25) is 0 Å². The fourth-order valence-corrected chi connectivity index (χ4v) is 2.48. The van der Waals surface area contributed by atoms with Crippen LogP contribution in [0.4, 0.5) is 11.7 Å². The summed E-state index contributed by atoms with van der Waals surface area (Å²) in [4.78, 5) is 6.43. The number of nitrogens with zero attached hydrogens (tertiary/aromatic N) is 2. The van der Waals surface area contributed by atoms with E-state index in [1.54, 1.807) is 17.4 Å². The van der Waals surface area contributed by atoms with Crippen molar-refractivity contribution in [3.63, 3.8) is 0 Å².